The Labute approximate surface area is 129 Å². The average molecular weight is 316 g/mol. The van der Waals surface area contributed by atoms with Crippen molar-refractivity contribution in [1.29, 1.82) is 0 Å². The minimum atomic E-state index is -3.57. The number of ether oxygens (including phenoxy) is 1. The number of nitrogens with zero attached hydrogens (tertiary/aromatic N) is 2. The Morgan fingerprint density at radius 3 is 2.50 bits per heavy atom. The summed E-state index contributed by atoms with van der Waals surface area (Å²) in [5.74, 6) is 1.25. The van der Waals surface area contributed by atoms with Crippen LogP contribution in [-0.4, -0.2) is 39.4 Å². The third-order valence-electron chi connectivity index (χ3n) is 3.41. The van der Waals surface area contributed by atoms with Gasteiger partial charge in [-0.3, -0.25) is 0 Å². The summed E-state index contributed by atoms with van der Waals surface area (Å²) in [5.41, 5.74) is 0.643. The molecule has 0 N–H and O–H groups in total. The van der Waals surface area contributed by atoms with Crippen LogP contribution in [0.15, 0.2) is 63.9 Å². The van der Waals surface area contributed by atoms with Gasteiger partial charge < -0.3 is 9.64 Å². The van der Waals surface area contributed by atoms with Crippen LogP contribution in [-0.2, 0) is 10.0 Å². The highest BCUT2D eigenvalue weighted by molar-refractivity contribution is 7.90. The molecule has 0 amide bonds. The van der Waals surface area contributed by atoms with Crippen LogP contribution in [0.1, 0.15) is 5.56 Å². The Hall–Kier alpha value is -2.34. The van der Waals surface area contributed by atoms with Crippen LogP contribution in [0.4, 0.5) is 0 Å². The molecule has 0 bridgehead atoms. The summed E-state index contributed by atoms with van der Waals surface area (Å²) >= 11 is 0. The first kappa shape index (κ1) is 14.6. The second-order valence-corrected chi connectivity index (χ2v) is 6.54. The molecule has 0 saturated carbocycles. The standard InChI is InChI=1S/C16H16N2O3S/c1-18(11-12-21-13-7-3-2-4-8-13)16-14-9-5-6-10-15(14)22(19,20)17-16/h2-10H,11-12H2,1H3. The van der Waals surface area contributed by atoms with E-state index in [2.05, 4.69) is 4.40 Å². The van der Waals surface area contributed by atoms with Gasteiger partial charge in [-0.25, -0.2) is 0 Å². The van der Waals surface area contributed by atoms with Crippen molar-refractivity contribution < 1.29 is 13.2 Å². The number of benzene rings is 2. The van der Waals surface area contributed by atoms with E-state index in [9.17, 15) is 8.42 Å². The molecular weight excluding hydrogens is 300 g/mol. The van der Waals surface area contributed by atoms with E-state index in [0.29, 0.717) is 24.6 Å². The SMILES string of the molecule is CN(CCOc1ccccc1)C1=NS(=O)(=O)c2ccccc21. The molecule has 0 radical (unpaired) electrons. The van der Waals surface area contributed by atoms with E-state index in [1.807, 2.05) is 43.4 Å². The van der Waals surface area contributed by atoms with Crippen molar-refractivity contribution in [1.82, 2.24) is 4.90 Å². The summed E-state index contributed by atoms with van der Waals surface area (Å²) in [6.07, 6.45) is 0. The number of likely N-dealkylation sites (N-methyl/N-ethyl adjacent to an activating group) is 1. The Balaban J connectivity index is 1.70. The molecule has 0 saturated heterocycles. The molecule has 0 aliphatic carbocycles. The van der Waals surface area contributed by atoms with Crippen LogP contribution in [0.25, 0.3) is 0 Å². The molecule has 0 atom stereocenters. The Bertz CT molecular complexity index is 801. The van der Waals surface area contributed by atoms with Crippen LogP contribution in [0.5, 0.6) is 5.75 Å². The molecule has 6 heteroatoms. The smallest absolute Gasteiger partial charge is 0.285 e. The van der Waals surface area contributed by atoms with Gasteiger partial charge >= 0.3 is 0 Å². The lowest BCUT2D eigenvalue weighted by Crippen LogP contribution is -2.30. The maximum atomic E-state index is 12.0. The largest absolute Gasteiger partial charge is 0.492 e. The van der Waals surface area contributed by atoms with Crippen LogP contribution in [0.3, 0.4) is 0 Å². The number of fused-ring (bicyclic) bond motifs is 1. The molecule has 0 unspecified atom stereocenters. The summed E-state index contributed by atoms with van der Waals surface area (Å²) in [7, 11) is -1.76. The molecule has 22 heavy (non-hydrogen) atoms. The first-order valence-corrected chi connectivity index (χ1v) is 8.35. The van der Waals surface area contributed by atoms with E-state index in [1.165, 1.54) is 0 Å². The van der Waals surface area contributed by atoms with E-state index in [1.54, 1.807) is 23.1 Å². The molecule has 0 spiro atoms. The number of hydrogen-bond acceptors (Lipinski definition) is 4. The third kappa shape index (κ3) is 2.82. The third-order valence-corrected chi connectivity index (χ3v) is 4.74. The maximum absolute atomic E-state index is 12.0. The van der Waals surface area contributed by atoms with Gasteiger partial charge in [0.15, 0.2) is 5.84 Å². The van der Waals surface area contributed by atoms with Gasteiger partial charge in [-0.1, -0.05) is 30.3 Å². The second-order valence-electron chi connectivity index (χ2n) is 4.97. The molecule has 1 heterocycles. The van der Waals surface area contributed by atoms with E-state index in [-0.39, 0.29) is 4.90 Å². The molecule has 5 nitrogen and oxygen atoms in total. The van der Waals surface area contributed by atoms with Crippen LogP contribution in [0.2, 0.25) is 0 Å². The molecular formula is C16H16N2O3S. The van der Waals surface area contributed by atoms with Gasteiger partial charge in [0.25, 0.3) is 10.0 Å². The Morgan fingerprint density at radius 1 is 1.05 bits per heavy atom. The zero-order chi connectivity index (χ0) is 15.6. The van der Waals surface area contributed by atoms with Gasteiger partial charge in [0.05, 0.1) is 6.54 Å². The zero-order valence-electron chi connectivity index (χ0n) is 12.1. The van der Waals surface area contributed by atoms with Gasteiger partial charge in [-0.2, -0.15) is 8.42 Å². The summed E-state index contributed by atoms with van der Waals surface area (Å²) in [4.78, 5) is 2.06. The first-order chi connectivity index (χ1) is 10.6. The molecule has 0 aromatic heterocycles. The Kier molecular flexibility index (Phi) is 3.85. The summed E-state index contributed by atoms with van der Waals surface area (Å²) < 4.78 is 33.5. The number of sulfonamides is 1. The lowest BCUT2D eigenvalue weighted by atomic mass is 10.2. The first-order valence-electron chi connectivity index (χ1n) is 6.91. The monoisotopic (exact) mass is 316 g/mol. The highest BCUT2D eigenvalue weighted by Crippen LogP contribution is 2.26. The lowest BCUT2D eigenvalue weighted by Gasteiger charge is -2.19. The molecule has 114 valence electrons. The Morgan fingerprint density at radius 2 is 1.73 bits per heavy atom. The fourth-order valence-corrected chi connectivity index (χ4v) is 3.54. The molecule has 2 aromatic carbocycles. The van der Waals surface area contributed by atoms with Gasteiger partial charge in [0.1, 0.15) is 17.3 Å². The van der Waals surface area contributed by atoms with Gasteiger partial charge in [0, 0.05) is 12.6 Å². The van der Waals surface area contributed by atoms with Crippen molar-refractivity contribution in [2.75, 3.05) is 20.2 Å². The fourth-order valence-electron chi connectivity index (χ4n) is 2.29. The normalized spacial score (nSPS) is 15.0. The van der Waals surface area contributed by atoms with Crippen LogP contribution in [0, 0.1) is 0 Å². The maximum Gasteiger partial charge on any atom is 0.285 e. The van der Waals surface area contributed by atoms with Crippen LogP contribution < -0.4 is 4.74 Å². The van der Waals surface area contributed by atoms with Gasteiger partial charge in [-0.05, 0) is 24.3 Å². The van der Waals surface area contributed by atoms with Crippen molar-refractivity contribution in [2.45, 2.75) is 4.90 Å². The van der Waals surface area contributed by atoms with E-state index in [4.69, 9.17) is 4.74 Å². The van der Waals surface area contributed by atoms with Crippen LogP contribution >= 0.6 is 0 Å². The number of rotatable bonds is 4. The van der Waals surface area contributed by atoms with Gasteiger partial charge in [-0.15, -0.1) is 4.40 Å². The summed E-state index contributed by atoms with van der Waals surface area (Å²) in [5, 5.41) is 0. The molecule has 1 aliphatic heterocycles. The predicted molar refractivity (Wildman–Crippen MR) is 84.7 cm³/mol. The molecule has 0 fully saturated rings. The molecule has 1 aliphatic rings. The molecule has 3 rings (SSSR count). The van der Waals surface area contributed by atoms with Gasteiger partial charge in [0.2, 0.25) is 0 Å². The van der Waals surface area contributed by atoms with Crippen molar-refractivity contribution in [3.8, 4) is 5.75 Å². The van der Waals surface area contributed by atoms with E-state index < -0.39 is 10.0 Å². The fraction of sp³-hybridized carbons (Fsp3) is 0.188. The quantitative estimate of drug-likeness (QED) is 0.867. The highest BCUT2D eigenvalue weighted by atomic mass is 32.2. The minimum Gasteiger partial charge on any atom is -0.492 e. The van der Waals surface area contributed by atoms with Crippen molar-refractivity contribution >= 4 is 15.9 Å². The average Bonchev–Trinajstić information content (AvgIpc) is 2.81. The van der Waals surface area contributed by atoms with Crippen molar-refractivity contribution in [3.63, 3.8) is 0 Å². The van der Waals surface area contributed by atoms with E-state index in [0.717, 1.165) is 5.75 Å². The second kappa shape index (κ2) is 5.81. The van der Waals surface area contributed by atoms with Crippen molar-refractivity contribution in [2.24, 2.45) is 4.40 Å². The van der Waals surface area contributed by atoms with Crippen molar-refractivity contribution in [3.05, 3.63) is 60.2 Å². The number of amidine groups is 1. The predicted octanol–water partition coefficient (Wildman–Crippen LogP) is 2.15. The number of hydrogen-bond donors (Lipinski definition) is 0. The minimum absolute atomic E-state index is 0.265. The lowest BCUT2D eigenvalue weighted by molar-refractivity contribution is 0.284. The zero-order valence-corrected chi connectivity index (χ0v) is 13.0. The number of para-hydroxylation sites is 1. The summed E-state index contributed by atoms with van der Waals surface area (Å²) in [6.45, 7) is 0.985. The molecule has 2 aromatic rings. The highest BCUT2D eigenvalue weighted by Gasteiger charge is 2.30. The summed E-state index contributed by atoms with van der Waals surface area (Å²) in [6, 6.07) is 16.4. The van der Waals surface area contributed by atoms with E-state index >= 15 is 0 Å². The topological polar surface area (TPSA) is 59.0 Å².